The zero-order valence-electron chi connectivity index (χ0n) is 23.4. The van der Waals surface area contributed by atoms with E-state index >= 15 is 0 Å². The standard InChI is InChI=1S/C29H26N2O10S2/c1-19-15-17-23(27(25(19)30(32)33)40-42(36,37)21-11-7-5-8-12-21)29(3,4)24-18-16-20(2)26(31(34)35)28(24)41-43(38,39)22-13-9-6-10-14-22/h5-18H,1-4H3. The second-order valence-electron chi connectivity index (χ2n) is 10.1. The lowest BCUT2D eigenvalue weighted by molar-refractivity contribution is -0.386. The van der Waals surface area contributed by atoms with Crippen molar-refractivity contribution in [3.8, 4) is 11.5 Å². The van der Waals surface area contributed by atoms with Gasteiger partial charge < -0.3 is 8.37 Å². The molecule has 0 saturated carbocycles. The molecule has 0 fully saturated rings. The van der Waals surface area contributed by atoms with Crippen molar-refractivity contribution in [2.75, 3.05) is 0 Å². The van der Waals surface area contributed by atoms with Crippen LogP contribution in [0.1, 0.15) is 36.1 Å². The molecule has 0 aliphatic rings. The third-order valence-electron chi connectivity index (χ3n) is 6.83. The minimum atomic E-state index is -4.59. The summed E-state index contributed by atoms with van der Waals surface area (Å²) in [7, 11) is -9.19. The number of nitro groups is 2. The Morgan fingerprint density at radius 3 is 1.21 bits per heavy atom. The van der Waals surface area contributed by atoms with Gasteiger partial charge >= 0.3 is 31.6 Å². The lowest BCUT2D eigenvalue weighted by atomic mass is 9.76. The molecule has 4 rings (SSSR count). The molecule has 0 aliphatic heterocycles. The molecular weight excluding hydrogens is 600 g/mol. The van der Waals surface area contributed by atoms with E-state index in [1.165, 1.54) is 100 Å². The molecule has 0 N–H and O–H groups in total. The Morgan fingerprint density at radius 2 is 0.907 bits per heavy atom. The van der Waals surface area contributed by atoms with Crippen LogP contribution in [-0.4, -0.2) is 26.7 Å². The largest absolute Gasteiger partial charge is 0.371 e. The van der Waals surface area contributed by atoms with Gasteiger partial charge in [-0.05, 0) is 38.1 Å². The van der Waals surface area contributed by atoms with E-state index in [1.807, 2.05) is 0 Å². The number of aryl methyl sites for hydroxylation is 2. The van der Waals surface area contributed by atoms with E-state index < -0.39 is 58.4 Å². The molecule has 12 nitrogen and oxygen atoms in total. The molecule has 14 heteroatoms. The monoisotopic (exact) mass is 626 g/mol. The summed E-state index contributed by atoms with van der Waals surface area (Å²) in [4.78, 5) is 22.3. The van der Waals surface area contributed by atoms with Gasteiger partial charge in [0.25, 0.3) is 0 Å². The van der Waals surface area contributed by atoms with E-state index in [9.17, 15) is 37.1 Å². The molecule has 0 saturated heterocycles. The number of hydrogen-bond acceptors (Lipinski definition) is 10. The van der Waals surface area contributed by atoms with Crippen LogP contribution in [0.3, 0.4) is 0 Å². The van der Waals surface area contributed by atoms with Crippen molar-refractivity contribution in [3.63, 3.8) is 0 Å². The average molecular weight is 627 g/mol. The quantitative estimate of drug-likeness (QED) is 0.116. The Balaban J connectivity index is 2.01. The van der Waals surface area contributed by atoms with E-state index in [0.717, 1.165) is 0 Å². The van der Waals surface area contributed by atoms with Crippen LogP contribution < -0.4 is 8.37 Å². The molecule has 0 bridgehead atoms. The van der Waals surface area contributed by atoms with Gasteiger partial charge in [-0.1, -0.05) is 74.5 Å². The molecule has 4 aromatic carbocycles. The highest BCUT2D eigenvalue weighted by atomic mass is 32.2. The van der Waals surface area contributed by atoms with Gasteiger partial charge in [0, 0.05) is 27.7 Å². The van der Waals surface area contributed by atoms with E-state index in [2.05, 4.69) is 0 Å². The maximum atomic E-state index is 13.3. The predicted molar refractivity (Wildman–Crippen MR) is 156 cm³/mol. The molecule has 0 aliphatic carbocycles. The fourth-order valence-electron chi connectivity index (χ4n) is 4.58. The molecule has 0 radical (unpaired) electrons. The fourth-order valence-corrected chi connectivity index (χ4v) is 6.53. The summed E-state index contributed by atoms with van der Waals surface area (Å²) in [6, 6.07) is 19.5. The zero-order valence-corrected chi connectivity index (χ0v) is 25.0. The van der Waals surface area contributed by atoms with E-state index in [0.29, 0.717) is 0 Å². The summed E-state index contributed by atoms with van der Waals surface area (Å²) in [6.45, 7) is 5.77. The Kier molecular flexibility index (Phi) is 8.29. The van der Waals surface area contributed by atoms with Crippen LogP contribution in [0.4, 0.5) is 11.4 Å². The lowest BCUT2D eigenvalue weighted by Gasteiger charge is -2.29. The number of benzene rings is 4. The topological polar surface area (TPSA) is 173 Å². The zero-order chi connectivity index (χ0) is 31.7. The second kappa shape index (κ2) is 11.5. The van der Waals surface area contributed by atoms with E-state index in [1.54, 1.807) is 12.1 Å². The molecule has 224 valence electrons. The predicted octanol–water partition coefficient (Wildman–Crippen LogP) is 5.98. The number of nitro benzene ring substituents is 2. The molecule has 4 aromatic rings. The van der Waals surface area contributed by atoms with Crippen molar-refractivity contribution in [3.05, 3.63) is 127 Å². The summed E-state index contributed by atoms with van der Waals surface area (Å²) in [5.74, 6) is -1.25. The maximum Gasteiger partial charge on any atom is 0.339 e. The Bertz CT molecular complexity index is 1800. The molecule has 43 heavy (non-hydrogen) atoms. The van der Waals surface area contributed by atoms with Gasteiger partial charge in [-0.25, -0.2) is 0 Å². The molecule has 0 aromatic heterocycles. The Morgan fingerprint density at radius 1 is 0.581 bits per heavy atom. The first-order valence-corrected chi connectivity index (χ1v) is 15.5. The normalized spacial score (nSPS) is 12.0. The molecule has 0 heterocycles. The van der Waals surface area contributed by atoms with Crippen LogP contribution in [0.2, 0.25) is 0 Å². The van der Waals surface area contributed by atoms with Gasteiger partial charge in [0.15, 0.2) is 0 Å². The molecular formula is C29H26N2O10S2. The SMILES string of the molecule is Cc1ccc(C(C)(C)c2ccc(C)c([N+](=O)[O-])c2OS(=O)(=O)c2ccccc2)c(OS(=O)(=O)c2ccccc2)c1[N+](=O)[O-]. The van der Waals surface area contributed by atoms with E-state index in [-0.39, 0.29) is 32.0 Å². The van der Waals surface area contributed by atoms with Gasteiger partial charge in [-0.3, -0.25) is 20.2 Å². The van der Waals surface area contributed by atoms with Crippen molar-refractivity contribution < 1.29 is 35.0 Å². The van der Waals surface area contributed by atoms with Gasteiger partial charge in [0.05, 0.1) is 9.85 Å². The minimum Gasteiger partial charge on any atom is -0.371 e. The van der Waals surface area contributed by atoms with Crippen LogP contribution in [0.5, 0.6) is 11.5 Å². The van der Waals surface area contributed by atoms with Gasteiger partial charge in [0.2, 0.25) is 11.5 Å². The van der Waals surface area contributed by atoms with Crippen LogP contribution in [0.15, 0.2) is 94.7 Å². The summed E-state index contributed by atoms with van der Waals surface area (Å²) < 4.78 is 64.0. The highest BCUT2D eigenvalue weighted by Gasteiger charge is 2.40. The highest BCUT2D eigenvalue weighted by Crippen LogP contribution is 2.49. The van der Waals surface area contributed by atoms with Crippen LogP contribution in [-0.2, 0) is 25.7 Å². The fraction of sp³-hybridized carbons (Fsp3) is 0.172. The first-order chi connectivity index (χ1) is 20.1. The average Bonchev–Trinajstić information content (AvgIpc) is 2.93. The first kappa shape index (κ1) is 31.1. The van der Waals surface area contributed by atoms with Crippen LogP contribution in [0.25, 0.3) is 0 Å². The Labute approximate surface area is 248 Å². The second-order valence-corrected chi connectivity index (χ2v) is 13.1. The number of nitrogens with zero attached hydrogens (tertiary/aromatic N) is 2. The smallest absolute Gasteiger partial charge is 0.339 e. The van der Waals surface area contributed by atoms with Crippen LogP contribution >= 0.6 is 0 Å². The van der Waals surface area contributed by atoms with Crippen molar-refractivity contribution in [2.45, 2.75) is 42.9 Å². The van der Waals surface area contributed by atoms with Crippen molar-refractivity contribution in [1.82, 2.24) is 0 Å². The molecule has 0 spiro atoms. The Hall–Kier alpha value is -4.82. The summed E-state index contributed by atoms with van der Waals surface area (Å²) in [5, 5.41) is 24.4. The summed E-state index contributed by atoms with van der Waals surface area (Å²) in [6.07, 6.45) is 0. The van der Waals surface area contributed by atoms with Gasteiger partial charge in [-0.15, -0.1) is 0 Å². The summed E-state index contributed by atoms with van der Waals surface area (Å²) in [5.41, 5.74) is -2.81. The third-order valence-corrected chi connectivity index (χ3v) is 9.30. The van der Waals surface area contributed by atoms with Crippen molar-refractivity contribution >= 4 is 31.6 Å². The summed E-state index contributed by atoms with van der Waals surface area (Å²) >= 11 is 0. The first-order valence-electron chi connectivity index (χ1n) is 12.6. The van der Waals surface area contributed by atoms with Crippen molar-refractivity contribution in [1.29, 1.82) is 0 Å². The number of rotatable bonds is 10. The molecule has 0 amide bonds. The van der Waals surface area contributed by atoms with Gasteiger partial charge in [-0.2, -0.15) is 16.8 Å². The maximum absolute atomic E-state index is 13.3. The third kappa shape index (κ3) is 6.05. The highest BCUT2D eigenvalue weighted by molar-refractivity contribution is 7.87. The van der Waals surface area contributed by atoms with E-state index in [4.69, 9.17) is 8.37 Å². The number of hydrogen-bond donors (Lipinski definition) is 0. The molecule has 0 atom stereocenters. The minimum absolute atomic E-state index is 0.0654. The van der Waals surface area contributed by atoms with Crippen LogP contribution in [0, 0.1) is 34.1 Å². The molecule has 0 unspecified atom stereocenters. The van der Waals surface area contributed by atoms with Crippen molar-refractivity contribution in [2.24, 2.45) is 0 Å². The van der Waals surface area contributed by atoms with Gasteiger partial charge in [0.1, 0.15) is 9.79 Å². The lowest BCUT2D eigenvalue weighted by Crippen LogP contribution is -2.25.